The number of aromatic nitrogens is 1. The van der Waals surface area contributed by atoms with Crippen LogP contribution in [0.4, 0.5) is 5.13 Å². The average Bonchev–Trinajstić information content (AvgIpc) is 3.03. The lowest BCUT2D eigenvalue weighted by atomic mass is 10.1. The number of hydrogen-bond acceptors (Lipinski definition) is 5. The number of rotatable bonds is 5. The molecule has 1 aliphatic rings. The zero-order chi connectivity index (χ0) is 16.1. The summed E-state index contributed by atoms with van der Waals surface area (Å²) in [6, 6.07) is 8.23. The molecule has 6 heteroatoms. The number of nitrogens with one attached hydrogen (secondary N) is 1. The molecule has 0 spiro atoms. The Kier molecular flexibility index (Phi) is 5.38. The van der Waals surface area contributed by atoms with Crippen LogP contribution < -0.4 is 5.32 Å². The zero-order valence-corrected chi connectivity index (χ0v) is 14.1. The van der Waals surface area contributed by atoms with Crippen molar-refractivity contribution >= 4 is 22.4 Å². The molecular formula is C17H21N3O2S. The van der Waals surface area contributed by atoms with Gasteiger partial charge < -0.3 is 10.1 Å². The van der Waals surface area contributed by atoms with E-state index in [1.807, 2.05) is 5.38 Å². The SMILES string of the molecule is Cc1ccc(-c2csc(NC(=O)CCN3CCOCC3)n2)cc1. The van der Waals surface area contributed by atoms with Gasteiger partial charge in [0.05, 0.1) is 18.9 Å². The molecule has 0 bridgehead atoms. The van der Waals surface area contributed by atoms with Gasteiger partial charge >= 0.3 is 0 Å². The lowest BCUT2D eigenvalue weighted by Crippen LogP contribution is -2.38. The Bertz CT molecular complexity index is 648. The number of carbonyl (C=O) groups is 1. The second-order valence-corrected chi connectivity index (χ2v) is 6.51. The number of ether oxygens (including phenoxy) is 1. The summed E-state index contributed by atoms with van der Waals surface area (Å²) >= 11 is 1.46. The molecular weight excluding hydrogens is 310 g/mol. The van der Waals surface area contributed by atoms with Crippen molar-refractivity contribution in [2.75, 3.05) is 38.2 Å². The minimum atomic E-state index is 0.0151. The number of nitrogens with zero attached hydrogens (tertiary/aromatic N) is 2. The van der Waals surface area contributed by atoms with E-state index in [2.05, 4.69) is 46.4 Å². The normalized spacial score (nSPS) is 15.5. The van der Waals surface area contributed by atoms with Gasteiger partial charge in [0, 0.05) is 37.0 Å². The topological polar surface area (TPSA) is 54.5 Å². The Morgan fingerprint density at radius 1 is 1.30 bits per heavy atom. The highest BCUT2D eigenvalue weighted by molar-refractivity contribution is 7.14. The first-order valence-electron chi connectivity index (χ1n) is 7.83. The van der Waals surface area contributed by atoms with Crippen LogP contribution >= 0.6 is 11.3 Å². The second kappa shape index (κ2) is 7.68. The molecule has 122 valence electrons. The minimum Gasteiger partial charge on any atom is -0.379 e. The van der Waals surface area contributed by atoms with E-state index < -0.39 is 0 Å². The maximum Gasteiger partial charge on any atom is 0.227 e. The number of morpholine rings is 1. The van der Waals surface area contributed by atoms with Crippen LogP contribution in [0.25, 0.3) is 11.3 Å². The van der Waals surface area contributed by atoms with Crippen molar-refractivity contribution in [1.29, 1.82) is 0 Å². The van der Waals surface area contributed by atoms with Crippen molar-refractivity contribution in [3.05, 3.63) is 35.2 Å². The molecule has 0 saturated carbocycles. The smallest absolute Gasteiger partial charge is 0.227 e. The molecule has 23 heavy (non-hydrogen) atoms. The molecule has 2 aromatic rings. The van der Waals surface area contributed by atoms with Crippen LogP contribution in [-0.4, -0.2) is 48.6 Å². The summed E-state index contributed by atoms with van der Waals surface area (Å²) in [6.45, 7) is 6.16. The standard InChI is InChI=1S/C17H21N3O2S/c1-13-2-4-14(5-3-13)15-12-23-17(18-15)19-16(21)6-7-20-8-10-22-11-9-20/h2-5,12H,6-11H2,1H3,(H,18,19,21). The van der Waals surface area contributed by atoms with Crippen molar-refractivity contribution in [2.45, 2.75) is 13.3 Å². The molecule has 3 rings (SSSR count). The van der Waals surface area contributed by atoms with Gasteiger partial charge in [0.2, 0.25) is 5.91 Å². The zero-order valence-electron chi connectivity index (χ0n) is 13.2. The first-order chi connectivity index (χ1) is 11.2. The van der Waals surface area contributed by atoms with Gasteiger partial charge in [-0.25, -0.2) is 4.98 Å². The first kappa shape index (κ1) is 16.1. The second-order valence-electron chi connectivity index (χ2n) is 5.66. The number of amides is 1. The van der Waals surface area contributed by atoms with Crippen molar-refractivity contribution in [1.82, 2.24) is 9.88 Å². The Hall–Kier alpha value is -1.76. The van der Waals surface area contributed by atoms with Crippen molar-refractivity contribution in [2.24, 2.45) is 0 Å². The van der Waals surface area contributed by atoms with Gasteiger partial charge in [-0.3, -0.25) is 9.69 Å². The third kappa shape index (κ3) is 4.60. The maximum atomic E-state index is 12.0. The van der Waals surface area contributed by atoms with Crippen molar-refractivity contribution in [3.8, 4) is 11.3 Å². The largest absolute Gasteiger partial charge is 0.379 e. The number of aryl methyl sites for hydroxylation is 1. The van der Waals surface area contributed by atoms with Gasteiger partial charge in [0.1, 0.15) is 0 Å². The third-order valence-electron chi connectivity index (χ3n) is 3.86. The third-order valence-corrected chi connectivity index (χ3v) is 4.61. The fourth-order valence-electron chi connectivity index (χ4n) is 2.45. The number of carbonyl (C=O) groups excluding carboxylic acids is 1. The Morgan fingerprint density at radius 2 is 2.04 bits per heavy atom. The van der Waals surface area contributed by atoms with Gasteiger partial charge in [-0.2, -0.15) is 0 Å². The van der Waals surface area contributed by atoms with Gasteiger partial charge in [-0.05, 0) is 6.92 Å². The van der Waals surface area contributed by atoms with E-state index in [4.69, 9.17) is 4.74 Å². The van der Waals surface area contributed by atoms with Crippen LogP contribution in [-0.2, 0) is 9.53 Å². The Balaban J connectivity index is 1.51. The summed E-state index contributed by atoms with van der Waals surface area (Å²) in [5.41, 5.74) is 3.19. The molecule has 0 atom stereocenters. The fraction of sp³-hybridized carbons (Fsp3) is 0.412. The lowest BCUT2D eigenvalue weighted by molar-refractivity contribution is -0.116. The minimum absolute atomic E-state index is 0.0151. The molecule has 0 unspecified atom stereocenters. The summed E-state index contributed by atoms with van der Waals surface area (Å²) in [5, 5.41) is 5.53. The molecule has 1 aromatic heterocycles. The Morgan fingerprint density at radius 3 is 2.78 bits per heavy atom. The molecule has 1 fully saturated rings. The van der Waals surface area contributed by atoms with Gasteiger partial charge in [-0.15, -0.1) is 11.3 Å². The molecule has 0 aliphatic carbocycles. The van der Waals surface area contributed by atoms with E-state index in [1.54, 1.807) is 0 Å². The van der Waals surface area contributed by atoms with E-state index in [0.717, 1.165) is 44.1 Å². The van der Waals surface area contributed by atoms with E-state index in [9.17, 15) is 4.79 Å². The molecule has 1 aliphatic heterocycles. The van der Waals surface area contributed by atoms with Crippen LogP contribution in [0.5, 0.6) is 0 Å². The van der Waals surface area contributed by atoms with E-state index in [0.29, 0.717) is 11.6 Å². The summed E-state index contributed by atoms with van der Waals surface area (Å²) in [7, 11) is 0. The molecule has 5 nitrogen and oxygen atoms in total. The first-order valence-corrected chi connectivity index (χ1v) is 8.71. The number of benzene rings is 1. The highest BCUT2D eigenvalue weighted by atomic mass is 32.1. The van der Waals surface area contributed by atoms with Crippen LogP contribution in [0.2, 0.25) is 0 Å². The summed E-state index contributed by atoms with van der Waals surface area (Å²) < 4.78 is 5.30. The van der Waals surface area contributed by atoms with E-state index in [-0.39, 0.29) is 5.91 Å². The molecule has 1 amide bonds. The lowest BCUT2D eigenvalue weighted by Gasteiger charge is -2.26. The van der Waals surface area contributed by atoms with Gasteiger partial charge in [-0.1, -0.05) is 29.8 Å². The van der Waals surface area contributed by atoms with Crippen LogP contribution in [0.1, 0.15) is 12.0 Å². The summed E-state index contributed by atoms with van der Waals surface area (Å²) in [6.07, 6.45) is 0.486. The van der Waals surface area contributed by atoms with Crippen LogP contribution in [0.3, 0.4) is 0 Å². The van der Waals surface area contributed by atoms with Crippen molar-refractivity contribution in [3.63, 3.8) is 0 Å². The maximum absolute atomic E-state index is 12.0. The fourth-order valence-corrected chi connectivity index (χ4v) is 3.19. The Labute approximate surface area is 140 Å². The average molecular weight is 331 g/mol. The quantitative estimate of drug-likeness (QED) is 0.915. The number of anilines is 1. The van der Waals surface area contributed by atoms with Crippen LogP contribution in [0.15, 0.2) is 29.6 Å². The van der Waals surface area contributed by atoms with E-state index in [1.165, 1.54) is 16.9 Å². The van der Waals surface area contributed by atoms with E-state index >= 15 is 0 Å². The predicted octanol–water partition coefficient (Wildman–Crippen LogP) is 2.78. The van der Waals surface area contributed by atoms with Crippen molar-refractivity contribution < 1.29 is 9.53 Å². The highest BCUT2D eigenvalue weighted by Crippen LogP contribution is 2.25. The van der Waals surface area contributed by atoms with Crippen LogP contribution in [0, 0.1) is 6.92 Å². The van der Waals surface area contributed by atoms with Gasteiger partial charge in [0.15, 0.2) is 5.13 Å². The number of hydrogen-bond donors (Lipinski definition) is 1. The molecule has 1 N–H and O–H groups in total. The molecule has 1 aromatic carbocycles. The van der Waals surface area contributed by atoms with Gasteiger partial charge in [0.25, 0.3) is 0 Å². The predicted molar refractivity (Wildman–Crippen MR) is 92.8 cm³/mol. The summed E-state index contributed by atoms with van der Waals surface area (Å²) in [4.78, 5) is 18.8. The summed E-state index contributed by atoms with van der Waals surface area (Å²) in [5.74, 6) is 0.0151. The number of thiazole rings is 1. The molecule has 0 radical (unpaired) electrons. The molecule has 1 saturated heterocycles. The monoisotopic (exact) mass is 331 g/mol. The molecule has 2 heterocycles. The highest BCUT2D eigenvalue weighted by Gasteiger charge is 2.13.